The van der Waals surface area contributed by atoms with E-state index in [4.69, 9.17) is 11.6 Å². The van der Waals surface area contributed by atoms with Crippen LogP contribution >= 0.6 is 27.5 Å². The third kappa shape index (κ3) is 5.34. The van der Waals surface area contributed by atoms with Crippen molar-refractivity contribution in [3.8, 4) is 0 Å². The van der Waals surface area contributed by atoms with Gasteiger partial charge in [-0.25, -0.2) is 0 Å². The molecular formula is C22H26BrClN2O. The number of carbonyl (C=O) groups excluding carboxylic acids is 1. The van der Waals surface area contributed by atoms with Gasteiger partial charge in [0.2, 0.25) is 5.91 Å². The summed E-state index contributed by atoms with van der Waals surface area (Å²) in [6.45, 7) is 6.52. The van der Waals surface area contributed by atoms with E-state index in [1.807, 2.05) is 53.4 Å². The lowest BCUT2D eigenvalue weighted by Crippen LogP contribution is -2.49. The van der Waals surface area contributed by atoms with Crippen LogP contribution in [0.2, 0.25) is 5.02 Å². The van der Waals surface area contributed by atoms with E-state index in [2.05, 4.69) is 34.7 Å². The summed E-state index contributed by atoms with van der Waals surface area (Å²) in [7, 11) is 0. The van der Waals surface area contributed by atoms with Crippen LogP contribution in [-0.4, -0.2) is 36.0 Å². The maximum atomic E-state index is 13.3. The number of carbonyl (C=O) groups is 1. The Labute approximate surface area is 175 Å². The third-order valence-corrected chi connectivity index (χ3v) is 6.02. The Morgan fingerprint density at radius 1 is 1.11 bits per heavy atom. The lowest BCUT2D eigenvalue weighted by molar-refractivity contribution is -0.118. The van der Waals surface area contributed by atoms with Gasteiger partial charge in [-0.05, 0) is 68.7 Å². The minimum absolute atomic E-state index is 0.141. The molecule has 1 fully saturated rings. The fraction of sp³-hybridized carbons (Fsp3) is 0.409. The number of rotatable bonds is 5. The number of likely N-dealkylation sites (tertiary alicyclic amines) is 1. The molecule has 3 nitrogen and oxygen atoms in total. The topological polar surface area (TPSA) is 23.6 Å². The van der Waals surface area contributed by atoms with Gasteiger partial charge < -0.3 is 9.80 Å². The van der Waals surface area contributed by atoms with Crippen LogP contribution in [-0.2, 0) is 11.2 Å². The van der Waals surface area contributed by atoms with Crippen molar-refractivity contribution in [3.05, 3.63) is 63.6 Å². The Balaban J connectivity index is 1.80. The number of nitrogens with zero attached hydrogens (tertiary/aromatic N) is 2. The summed E-state index contributed by atoms with van der Waals surface area (Å²) in [5.41, 5.74) is 1.96. The summed E-state index contributed by atoms with van der Waals surface area (Å²) in [4.78, 5) is 17.7. The molecule has 0 N–H and O–H groups in total. The van der Waals surface area contributed by atoms with E-state index < -0.39 is 0 Å². The van der Waals surface area contributed by atoms with Crippen molar-refractivity contribution in [3.63, 3.8) is 0 Å². The second-order valence-electron chi connectivity index (χ2n) is 7.40. The van der Waals surface area contributed by atoms with Gasteiger partial charge >= 0.3 is 0 Å². The first-order valence-corrected chi connectivity index (χ1v) is 10.7. The summed E-state index contributed by atoms with van der Waals surface area (Å²) < 4.78 is 1.02. The summed E-state index contributed by atoms with van der Waals surface area (Å²) in [6, 6.07) is 16.4. The quantitative estimate of drug-likeness (QED) is 0.597. The molecule has 1 aliphatic rings. The van der Waals surface area contributed by atoms with Gasteiger partial charge in [-0.15, -0.1) is 0 Å². The molecule has 2 aromatic carbocycles. The van der Waals surface area contributed by atoms with E-state index >= 15 is 0 Å². The van der Waals surface area contributed by atoms with Crippen LogP contribution in [0.5, 0.6) is 0 Å². The molecule has 2 aromatic rings. The number of hydrogen-bond donors (Lipinski definition) is 0. The molecule has 0 spiro atoms. The Kier molecular flexibility index (Phi) is 6.96. The van der Waals surface area contributed by atoms with Crippen LogP contribution < -0.4 is 4.90 Å². The molecule has 1 saturated heterocycles. The zero-order valence-corrected chi connectivity index (χ0v) is 18.2. The van der Waals surface area contributed by atoms with Gasteiger partial charge in [0, 0.05) is 40.4 Å². The summed E-state index contributed by atoms with van der Waals surface area (Å²) in [6.07, 6.45) is 2.39. The molecule has 5 heteroatoms. The summed E-state index contributed by atoms with van der Waals surface area (Å²) in [5, 5.41) is 0.689. The van der Waals surface area contributed by atoms with Gasteiger partial charge in [0.25, 0.3) is 0 Å². The zero-order valence-electron chi connectivity index (χ0n) is 15.9. The van der Waals surface area contributed by atoms with Crippen LogP contribution in [0, 0.1) is 0 Å². The van der Waals surface area contributed by atoms with Crippen LogP contribution in [0.4, 0.5) is 5.69 Å². The number of amides is 1. The number of halogens is 2. The van der Waals surface area contributed by atoms with E-state index in [-0.39, 0.29) is 11.9 Å². The SMILES string of the molecule is CC(C)N1CCC(N(C(=O)Cc2ccc(Br)cc2)c2ccc(Cl)cc2)CC1. The highest BCUT2D eigenvalue weighted by Crippen LogP contribution is 2.27. The normalized spacial score (nSPS) is 15.9. The number of hydrogen-bond acceptors (Lipinski definition) is 2. The molecule has 0 unspecified atom stereocenters. The van der Waals surface area contributed by atoms with E-state index in [1.54, 1.807) is 0 Å². The second kappa shape index (κ2) is 9.22. The molecule has 0 aromatic heterocycles. The van der Waals surface area contributed by atoms with Gasteiger partial charge in [-0.1, -0.05) is 39.7 Å². The van der Waals surface area contributed by atoms with Gasteiger partial charge in [0.05, 0.1) is 6.42 Å². The van der Waals surface area contributed by atoms with Crippen molar-refractivity contribution in [2.75, 3.05) is 18.0 Å². The van der Waals surface area contributed by atoms with E-state index in [0.717, 1.165) is 41.7 Å². The maximum absolute atomic E-state index is 13.3. The highest BCUT2D eigenvalue weighted by atomic mass is 79.9. The molecule has 0 bridgehead atoms. The van der Waals surface area contributed by atoms with Crippen molar-refractivity contribution < 1.29 is 4.79 Å². The minimum Gasteiger partial charge on any atom is -0.309 e. The van der Waals surface area contributed by atoms with Crippen LogP contribution in [0.1, 0.15) is 32.3 Å². The number of benzene rings is 2. The molecule has 0 saturated carbocycles. The first-order chi connectivity index (χ1) is 12.9. The van der Waals surface area contributed by atoms with E-state index in [0.29, 0.717) is 17.5 Å². The van der Waals surface area contributed by atoms with Gasteiger partial charge in [0.15, 0.2) is 0 Å². The summed E-state index contributed by atoms with van der Waals surface area (Å²) >= 11 is 9.52. The summed E-state index contributed by atoms with van der Waals surface area (Å²) in [5.74, 6) is 0.141. The molecule has 1 aliphatic heterocycles. The molecule has 27 heavy (non-hydrogen) atoms. The molecule has 0 aliphatic carbocycles. The lowest BCUT2D eigenvalue weighted by Gasteiger charge is -2.40. The predicted molar refractivity (Wildman–Crippen MR) is 117 cm³/mol. The fourth-order valence-electron chi connectivity index (χ4n) is 3.68. The van der Waals surface area contributed by atoms with E-state index in [9.17, 15) is 4.79 Å². The Morgan fingerprint density at radius 3 is 2.26 bits per heavy atom. The standard InChI is InChI=1S/C22H26BrClN2O/c1-16(2)25-13-11-21(12-14-25)26(20-9-7-19(24)8-10-20)22(27)15-17-3-5-18(23)6-4-17/h3-10,16,21H,11-15H2,1-2H3. The van der Waals surface area contributed by atoms with Gasteiger partial charge in [-0.2, -0.15) is 0 Å². The lowest BCUT2D eigenvalue weighted by atomic mass is 10.00. The monoisotopic (exact) mass is 448 g/mol. The molecule has 1 heterocycles. The molecule has 3 rings (SSSR count). The smallest absolute Gasteiger partial charge is 0.231 e. The first-order valence-electron chi connectivity index (χ1n) is 9.50. The largest absolute Gasteiger partial charge is 0.309 e. The molecular weight excluding hydrogens is 424 g/mol. The Morgan fingerprint density at radius 2 is 1.70 bits per heavy atom. The maximum Gasteiger partial charge on any atom is 0.231 e. The highest BCUT2D eigenvalue weighted by molar-refractivity contribution is 9.10. The average Bonchev–Trinajstić information content (AvgIpc) is 2.66. The van der Waals surface area contributed by atoms with E-state index in [1.165, 1.54) is 0 Å². The van der Waals surface area contributed by atoms with Crippen molar-refractivity contribution in [1.82, 2.24) is 4.90 Å². The number of piperidine rings is 1. The van der Waals surface area contributed by atoms with Gasteiger partial charge in [0.1, 0.15) is 0 Å². The molecule has 0 radical (unpaired) electrons. The Bertz CT molecular complexity index is 753. The van der Waals surface area contributed by atoms with Crippen molar-refractivity contribution in [2.45, 2.75) is 45.2 Å². The third-order valence-electron chi connectivity index (χ3n) is 5.24. The van der Waals surface area contributed by atoms with Crippen LogP contribution in [0.25, 0.3) is 0 Å². The predicted octanol–water partition coefficient (Wildman–Crippen LogP) is 5.55. The molecule has 144 valence electrons. The average molecular weight is 450 g/mol. The molecule has 1 amide bonds. The highest BCUT2D eigenvalue weighted by Gasteiger charge is 2.29. The van der Waals surface area contributed by atoms with Crippen molar-refractivity contribution in [1.29, 1.82) is 0 Å². The Hall–Kier alpha value is -1.36. The van der Waals surface area contributed by atoms with Gasteiger partial charge in [-0.3, -0.25) is 4.79 Å². The van der Waals surface area contributed by atoms with Crippen LogP contribution in [0.15, 0.2) is 53.0 Å². The van der Waals surface area contributed by atoms with Crippen molar-refractivity contribution in [2.24, 2.45) is 0 Å². The fourth-order valence-corrected chi connectivity index (χ4v) is 4.07. The zero-order chi connectivity index (χ0) is 19.4. The number of anilines is 1. The van der Waals surface area contributed by atoms with Crippen molar-refractivity contribution >= 4 is 39.1 Å². The minimum atomic E-state index is 0.141. The van der Waals surface area contributed by atoms with Crippen LogP contribution in [0.3, 0.4) is 0 Å². The first kappa shape index (κ1) is 20.4. The molecule has 0 atom stereocenters. The second-order valence-corrected chi connectivity index (χ2v) is 8.76.